The van der Waals surface area contributed by atoms with Crippen molar-refractivity contribution in [2.45, 2.75) is 80.4 Å². The summed E-state index contributed by atoms with van der Waals surface area (Å²) in [5.74, 6) is 0.486. The molecule has 1 amide bonds. The molecule has 35 heavy (non-hydrogen) atoms. The minimum absolute atomic E-state index is 0.0588. The number of aliphatic hydroxyl groups is 1. The first kappa shape index (κ1) is 24.5. The summed E-state index contributed by atoms with van der Waals surface area (Å²) in [5, 5.41) is 25.3. The van der Waals surface area contributed by atoms with E-state index in [1.807, 2.05) is 0 Å². The number of benzene rings is 1. The molecule has 4 aliphatic carbocycles. The van der Waals surface area contributed by atoms with E-state index >= 15 is 0 Å². The summed E-state index contributed by atoms with van der Waals surface area (Å²) in [6, 6.07) is 3.35. The maximum atomic E-state index is 13.8. The number of nitrogens with one attached hydrogen (secondary N) is 1. The van der Waals surface area contributed by atoms with Crippen molar-refractivity contribution in [1.29, 1.82) is 0 Å². The molecule has 192 valence electrons. The number of carbonyl (C=O) groups is 1. The number of ether oxygens (including phenoxy) is 1. The summed E-state index contributed by atoms with van der Waals surface area (Å²) in [6.07, 6.45) is 5.90. The molecule has 1 aromatic rings. The molecule has 0 radical (unpaired) electrons. The highest BCUT2D eigenvalue weighted by Crippen LogP contribution is 2.55. The van der Waals surface area contributed by atoms with Gasteiger partial charge in [0.25, 0.3) is 5.69 Å². The number of non-ortho nitro benzene ring substituents is 1. The van der Waals surface area contributed by atoms with Gasteiger partial charge in [-0.3, -0.25) is 14.9 Å². The molecule has 2 N–H and O–H groups in total. The highest BCUT2D eigenvalue weighted by atomic mass is 32.2. The van der Waals surface area contributed by atoms with Crippen LogP contribution in [0.2, 0.25) is 0 Å². The van der Waals surface area contributed by atoms with E-state index in [0.29, 0.717) is 38.0 Å². The second-order valence-corrected chi connectivity index (χ2v) is 12.9. The van der Waals surface area contributed by atoms with Gasteiger partial charge in [0, 0.05) is 18.7 Å². The molecular weight excluding hydrogens is 474 g/mol. The number of nitro groups is 1. The molecule has 3 atom stereocenters. The zero-order valence-electron chi connectivity index (χ0n) is 20.1. The number of piperidine rings is 1. The van der Waals surface area contributed by atoms with E-state index in [1.54, 1.807) is 6.92 Å². The number of methoxy groups -OCH3 is 1. The lowest BCUT2D eigenvalue weighted by atomic mass is 9.52. The lowest BCUT2D eigenvalue weighted by Crippen LogP contribution is -2.66. The Kier molecular flexibility index (Phi) is 5.88. The lowest BCUT2D eigenvalue weighted by Gasteiger charge is -2.58. The largest absolute Gasteiger partial charge is 0.495 e. The molecule has 0 aromatic heterocycles. The van der Waals surface area contributed by atoms with E-state index in [-0.39, 0.29) is 46.7 Å². The van der Waals surface area contributed by atoms with E-state index in [2.05, 4.69) is 5.32 Å². The Morgan fingerprint density at radius 1 is 1.23 bits per heavy atom. The first-order chi connectivity index (χ1) is 16.5. The number of nitrogens with zero attached hydrogens (tertiary/aromatic N) is 2. The molecular formula is C24H33N3O7S. The zero-order chi connectivity index (χ0) is 25.2. The molecule has 1 aliphatic heterocycles. The number of sulfonamides is 1. The minimum atomic E-state index is -4.19. The SMILES string of the molecule is COc1cc([N+](=O)[O-])ccc1S(=O)(=O)N1CCCC[C@]1(C)C(=O)NC1C2CC3CC1CC(O)(C3)C2. The van der Waals surface area contributed by atoms with Crippen molar-refractivity contribution in [3.63, 3.8) is 0 Å². The summed E-state index contributed by atoms with van der Waals surface area (Å²) < 4.78 is 34.1. The van der Waals surface area contributed by atoms with Crippen LogP contribution in [0.4, 0.5) is 5.69 Å². The van der Waals surface area contributed by atoms with Crippen LogP contribution in [0, 0.1) is 27.9 Å². The van der Waals surface area contributed by atoms with Crippen molar-refractivity contribution < 1.29 is 28.0 Å². The smallest absolute Gasteiger partial charge is 0.273 e. The maximum Gasteiger partial charge on any atom is 0.273 e. The first-order valence-corrected chi connectivity index (χ1v) is 13.8. The van der Waals surface area contributed by atoms with Crippen molar-refractivity contribution in [2.75, 3.05) is 13.7 Å². The van der Waals surface area contributed by atoms with Crippen LogP contribution in [-0.4, -0.2) is 59.5 Å². The maximum absolute atomic E-state index is 13.8. The van der Waals surface area contributed by atoms with Crippen LogP contribution >= 0.6 is 0 Å². The van der Waals surface area contributed by atoms with Crippen LogP contribution in [0.3, 0.4) is 0 Å². The monoisotopic (exact) mass is 507 g/mol. The van der Waals surface area contributed by atoms with Gasteiger partial charge < -0.3 is 15.2 Å². The van der Waals surface area contributed by atoms with E-state index < -0.39 is 26.1 Å². The van der Waals surface area contributed by atoms with Gasteiger partial charge in [-0.1, -0.05) is 0 Å². The van der Waals surface area contributed by atoms with Gasteiger partial charge in [-0.05, 0) is 82.1 Å². The van der Waals surface area contributed by atoms with E-state index in [1.165, 1.54) is 17.5 Å². The summed E-state index contributed by atoms with van der Waals surface area (Å²) >= 11 is 0. The molecule has 2 unspecified atom stereocenters. The molecule has 6 rings (SSSR count). The number of nitro benzene ring substituents is 1. The van der Waals surface area contributed by atoms with Gasteiger partial charge in [0.2, 0.25) is 15.9 Å². The third-order valence-corrected chi connectivity index (χ3v) is 10.8. The highest BCUT2D eigenvalue weighted by molar-refractivity contribution is 7.89. The van der Waals surface area contributed by atoms with E-state index in [9.17, 15) is 28.4 Å². The summed E-state index contributed by atoms with van der Waals surface area (Å²) in [5.41, 5.74) is -2.19. The Balaban J connectivity index is 1.43. The quantitative estimate of drug-likeness (QED) is 0.446. The molecule has 4 bridgehead atoms. The van der Waals surface area contributed by atoms with Gasteiger partial charge in [-0.15, -0.1) is 0 Å². The molecule has 4 saturated carbocycles. The van der Waals surface area contributed by atoms with Crippen molar-refractivity contribution in [3.8, 4) is 5.75 Å². The average molecular weight is 508 g/mol. The van der Waals surface area contributed by atoms with Crippen molar-refractivity contribution in [3.05, 3.63) is 28.3 Å². The first-order valence-electron chi connectivity index (χ1n) is 12.4. The van der Waals surface area contributed by atoms with Crippen LogP contribution < -0.4 is 10.1 Å². The second-order valence-electron chi connectivity index (χ2n) is 11.1. The third-order valence-electron chi connectivity index (χ3n) is 8.78. The van der Waals surface area contributed by atoms with Crippen molar-refractivity contribution in [2.24, 2.45) is 17.8 Å². The van der Waals surface area contributed by atoms with Gasteiger partial charge in [0.15, 0.2) is 0 Å². The fourth-order valence-electron chi connectivity index (χ4n) is 7.33. The van der Waals surface area contributed by atoms with Gasteiger partial charge in [0.1, 0.15) is 16.2 Å². The number of rotatable bonds is 6. The van der Waals surface area contributed by atoms with Gasteiger partial charge >= 0.3 is 0 Å². The van der Waals surface area contributed by atoms with Gasteiger partial charge in [-0.2, -0.15) is 4.31 Å². The Labute approximate surface area is 205 Å². The fourth-order valence-corrected chi connectivity index (χ4v) is 9.28. The molecule has 10 nitrogen and oxygen atoms in total. The highest BCUT2D eigenvalue weighted by Gasteiger charge is 2.56. The molecule has 0 spiro atoms. The number of hydrogen-bond donors (Lipinski definition) is 2. The van der Waals surface area contributed by atoms with Crippen LogP contribution in [-0.2, 0) is 14.8 Å². The van der Waals surface area contributed by atoms with E-state index in [0.717, 1.165) is 31.4 Å². The predicted molar refractivity (Wildman–Crippen MR) is 126 cm³/mol. The number of amides is 1. The topological polar surface area (TPSA) is 139 Å². The summed E-state index contributed by atoms with van der Waals surface area (Å²) in [4.78, 5) is 24.1. The Morgan fingerprint density at radius 2 is 1.91 bits per heavy atom. The standard InChI is InChI=1S/C24H33N3O7S/c1-23(22(28)25-21-16-9-15-10-17(21)14-24(29,12-15)13-16)7-3-4-8-26(23)35(32,33)20-6-5-18(27(30)31)11-19(20)34-2/h5-6,11,15-17,21,29H,3-4,7-10,12-14H2,1-2H3,(H,25,28)/t15?,16?,17?,21?,23-,24?/m1/s1. The lowest BCUT2D eigenvalue weighted by molar-refractivity contribution is -0.385. The Hall–Kier alpha value is -2.24. The number of carbonyl (C=O) groups excluding carboxylic acids is 1. The van der Waals surface area contributed by atoms with Crippen LogP contribution in [0.25, 0.3) is 0 Å². The summed E-state index contributed by atoms with van der Waals surface area (Å²) in [7, 11) is -2.92. The summed E-state index contributed by atoms with van der Waals surface area (Å²) in [6.45, 7) is 1.84. The Morgan fingerprint density at radius 3 is 2.51 bits per heavy atom. The molecule has 1 heterocycles. The molecule has 5 fully saturated rings. The zero-order valence-corrected chi connectivity index (χ0v) is 20.9. The number of hydrogen-bond acceptors (Lipinski definition) is 7. The van der Waals surface area contributed by atoms with E-state index in [4.69, 9.17) is 4.74 Å². The van der Waals surface area contributed by atoms with Gasteiger partial charge in [-0.25, -0.2) is 8.42 Å². The van der Waals surface area contributed by atoms with Crippen LogP contribution in [0.5, 0.6) is 5.75 Å². The normalized spacial score (nSPS) is 36.7. The van der Waals surface area contributed by atoms with Crippen molar-refractivity contribution >= 4 is 21.6 Å². The Bertz CT molecular complexity index is 1140. The third kappa shape index (κ3) is 4.01. The molecule has 1 aromatic carbocycles. The van der Waals surface area contributed by atoms with Crippen molar-refractivity contribution in [1.82, 2.24) is 9.62 Å². The predicted octanol–water partition coefficient (Wildman–Crippen LogP) is 2.59. The molecule has 11 heteroatoms. The van der Waals surface area contributed by atoms with Gasteiger partial charge in [0.05, 0.1) is 23.7 Å². The second kappa shape index (κ2) is 8.41. The fraction of sp³-hybridized carbons (Fsp3) is 0.708. The molecule has 1 saturated heterocycles. The van der Waals surface area contributed by atoms with Crippen LogP contribution in [0.15, 0.2) is 23.1 Å². The average Bonchev–Trinajstić information content (AvgIpc) is 2.79. The molecule has 5 aliphatic rings. The van der Waals surface area contributed by atoms with Crippen LogP contribution in [0.1, 0.15) is 58.3 Å². The minimum Gasteiger partial charge on any atom is -0.495 e.